The number of H-pyrrole nitrogens is 1. The molecule has 1 amide bonds. The van der Waals surface area contributed by atoms with Crippen LogP contribution in [0.3, 0.4) is 0 Å². The smallest absolute Gasteiger partial charge is 0.269 e. The molecule has 1 aromatic heterocycles. The number of likely N-dealkylation sites (tertiary alicyclic amines) is 1. The summed E-state index contributed by atoms with van der Waals surface area (Å²) in [6.07, 6.45) is 5.31. The first-order chi connectivity index (χ1) is 8.31. The van der Waals surface area contributed by atoms with Crippen LogP contribution in [0.4, 0.5) is 0 Å². The summed E-state index contributed by atoms with van der Waals surface area (Å²) in [5.74, 6) is -0.0656. The second-order valence-corrected chi connectivity index (χ2v) is 4.46. The molecule has 1 unspecified atom stereocenters. The number of aromatic nitrogens is 2. The average Bonchev–Trinajstić information content (AvgIpc) is 2.90. The van der Waals surface area contributed by atoms with E-state index >= 15 is 0 Å². The summed E-state index contributed by atoms with van der Waals surface area (Å²) in [6.45, 7) is 5.12. The molecule has 1 aliphatic heterocycles. The van der Waals surface area contributed by atoms with Crippen molar-refractivity contribution in [1.29, 1.82) is 0 Å². The number of amides is 1. The van der Waals surface area contributed by atoms with Gasteiger partial charge in [-0.2, -0.15) is 5.10 Å². The van der Waals surface area contributed by atoms with Crippen molar-refractivity contribution in [1.82, 2.24) is 20.4 Å². The number of nitrogens with one attached hydrogen (secondary N) is 2. The molecule has 0 radical (unpaired) electrons. The molecule has 0 saturated carbocycles. The van der Waals surface area contributed by atoms with Crippen molar-refractivity contribution in [3.8, 4) is 0 Å². The Kier molecular flexibility index (Phi) is 4.14. The molecule has 1 fully saturated rings. The van der Waals surface area contributed by atoms with Crippen LogP contribution >= 0.6 is 0 Å². The van der Waals surface area contributed by atoms with E-state index in [4.69, 9.17) is 0 Å². The zero-order valence-corrected chi connectivity index (χ0v) is 10.3. The summed E-state index contributed by atoms with van der Waals surface area (Å²) in [4.78, 5) is 14.2. The van der Waals surface area contributed by atoms with E-state index < -0.39 is 0 Å². The maximum atomic E-state index is 11.7. The zero-order valence-electron chi connectivity index (χ0n) is 10.3. The van der Waals surface area contributed by atoms with E-state index in [0.717, 1.165) is 19.6 Å². The maximum absolute atomic E-state index is 11.7. The van der Waals surface area contributed by atoms with Gasteiger partial charge in [0.25, 0.3) is 5.91 Å². The summed E-state index contributed by atoms with van der Waals surface area (Å²) < 4.78 is 0. The number of piperidine rings is 1. The molecular weight excluding hydrogens is 216 g/mol. The highest BCUT2D eigenvalue weighted by Crippen LogP contribution is 2.15. The van der Waals surface area contributed by atoms with E-state index in [1.807, 2.05) is 0 Å². The Morgan fingerprint density at radius 3 is 3.24 bits per heavy atom. The molecule has 1 atom stereocenters. The Labute approximate surface area is 102 Å². The molecule has 0 bridgehead atoms. The molecule has 0 aromatic carbocycles. The van der Waals surface area contributed by atoms with Gasteiger partial charge in [-0.25, -0.2) is 0 Å². The average molecular weight is 236 g/mol. The topological polar surface area (TPSA) is 61.0 Å². The predicted octanol–water partition coefficient (Wildman–Crippen LogP) is 1.01. The van der Waals surface area contributed by atoms with Crippen LogP contribution in [-0.2, 0) is 0 Å². The molecule has 5 heteroatoms. The van der Waals surface area contributed by atoms with Crippen LogP contribution in [0, 0.1) is 0 Å². The monoisotopic (exact) mass is 236 g/mol. The fourth-order valence-electron chi connectivity index (χ4n) is 2.40. The van der Waals surface area contributed by atoms with E-state index in [2.05, 4.69) is 27.3 Å². The summed E-state index contributed by atoms with van der Waals surface area (Å²) >= 11 is 0. The Morgan fingerprint density at radius 1 is 1.65 bits per heavy atom. The fraction of sp³-hybridized carbons (Fsp3) is 0.667. The van der Waals surface area contributed by atoms with Gasteiger partial charge in [-0.1, -0.05) is 13.3 Å². The zero-order chi connectivity index (χ0) is 12.1. The Bertz CT molecular complexity index is 349. The molecule has 0 spiro atoms. The first-order valence-electron chi connectivity index (χ1n) is 6.33. The number of carbonyl (C=O) groups is 1. The molecule has 2 N–H and O–H groups in total. The molecule has 1 aliphatic rings. The highest BCUT2D eigenvalue weighted by atomic mass is 16.1. The van der Waals surface area contributed by atoms with Crippen molar-refractivity contribution < 1.29 is 4.79 Å². The van der Waals surface area contributed by atoms with Crippen molar-refractivity contribution in [2.45, 2.75) is 32.2 Å². The summed E-state index contributed by atoms with van der Waals surface area (Å²) in [7, 11) is 0. The minimum absolute atomic E-state index is 0.0656. The van der Waals surface area contributed by atoms with Gasteiger partial charge in [0.2, 0.25) is 0 Å². The van der Waals surface area contributed by atoms with Crippen molar-refractivity contribution in [3.63, 3.8) is 0 Å². The number of likely N-dealkylation sites (N-methyl/N-ethyl adjacent to an activating group) is 1. The molecule has 2 heterocycles. The van der Waals surface area contributed by atoms with Crippen molar-refractivity contribution in [2.24, 2.45) is 0 Å². The molecule has 5 nitrogen and oxygen atoms in total. The fourth-order valence-corrected chi connectivity index (χ4v) is 2.40. The Hall–Kier alpha value is -1.36. The minimum atomic E-state index is -0.0656. The van der Waals surface area contributed by atoms with Gasteiger partial charge in [-0.15, -0.1) is 0 Å². The van der Waals surface area contributed by atoms with Gasteiger partial charge in [0.1, 0.15) is 5.69 Å². The Morgan fingerprint density at radius 2 is 2.53 bits per heavy atom. The predicted molar refractivity (Wildman–Crippen MR) is 65.8 cm³/mol. The number of aromatic amines is 1. The van der Waals surface area contributed by atoms with Gasteiger partial charge in [0.05, 0.1) is 0 Å². The quantitative estimate of drug-likeness (QED) is 0.820. The molecule has 2 rings (SSSR count). The van der Waals surface area contributed by atoms with Gasteiger partial charge < -0.3 is 5.32 Å². The van der Waals surface area contributed by atoms with Crippen LogP contribution < -0.4 is 5.32 Å². The lowest BCUT2D eigenvalue weighted by Gasteiger charge is -2.34. The van der Waals surface area contributed by atoms with Crippen LogP contribution in [0.25, 0.3) is 0 Å². The standard InChI is InChI=1S/C12H20N4O/c1-2-16-8-4-3-5-10(16)9-13-12(17)11-6-7-14-15-11/h6-7,10H,2-5,8-9H2,1H3,(H,13,17)(H,14,15). The summed E-state index contributed by atoms with van der Waals surface area (Å²) in [5, 5.41) is 9.41. The van der Waals surface area contributed by atoms with E-state index in [1.165, 1.54) is 19.3 Å². The lowest BCUT2D eigenvalue weighted by atomic mass is 10.0. The second kappa shape index (κ2) is 5.82. The van der Waals surface area contributed by atoms with Gasteiger partial charge in [0.15, 0.2) is 0 Å². The summed E-state index contributed by atoms with van der Waals surface area (Å²) in [5.41, 5.74) is 0.531. The molecule has 0 aliphatic carbocycles. The van der Waals surface area contributed by atoms with E-state index in [1.54, 1.807) is 12.3 Å². The normalized spacial score (nSPS) is 21.4. The number of hydrogen-bond acceptors (Lipinski definition) is 3. The third-order valence-corrected chi connectivity index (χ3v) is 3.40. The third kappa shape index (κ3) is 3.06. The number of hydrogen-bond donors (Lipinski definition) is 2. The number of nitrogens with zero attached hydrogens (tertiary/aromatic N) is 2. The van der Waals surface area contributed by atoms with Gasteiger partial charge in [0, 0.05) is 18.8 Å². The molecule has 94 valence electrons. The van der Waals surface area contributed by atoms with Crippen LogP contribution in [0.1, 0.15) is 36.7 Å². The molecule has 17 heavy (non-hydrogen) atoms. The first-order valence-corrected chi connectivity index (χ1v) is 6.33. The van der Waals surface area contributed by atoms with Gasteiger partial charge in [-0.3, -0.25) is 14.8 Å². The highest BCUT2D eigenvalue weighted by molar-refractivity contribution is 5.92. The number of rotatable bonds is 4. The van der Waals surface area contributed by atoms with Gasteiger partial charge in [-0.05, 0) is 32.0 Å². The largest absolute Gasteiger partial charge is 0.349 e. The van der Waals surface area contributed by atoms with Crippen LogP contribution in [0.5, 0.6) is 0 Å². The highest BCUT2D eigenvalue weighted by Gasteiger charge is 2.21. The molecular formula is C12H20N4O. The first kappa shape index (κ1) is 12.1. The minimum Gasteiger partial charge on any atom is -0.349 e. The maximum Gasteiger partial charge on any atom is 0.269 e. The van der Waals surface area contributed by atoms with Crippen molar-refractivity contribution in [2.75, 3.05) is 19.6 Å². The van der Waals surface area contributed by atoms with Crippen LogP contribution in [-0.4, -0.2) is 46.7 Å². The lowest BCUT2D eigenvalue weighted by Crippen LogP contribution is -2.46. The lowest BCUT2D eigenvalue weighted by molar-refractivity contribution is 0.0913. The third-order valence-electron chi connectivity index (χ3n) is 3.40. The van der Waals surface area contributed by atoms with E-state index in [0.29, 0.717) is 11.7 Å². The SMILES string of the molecule is CCN1CCCCC1CNC(=O)c1ccn[nH]1. The second-order valence-electron chi connectivity index (χ2n) is 4.46. The summed E-state index contributed by atoms with van der Waals surface area (Å²) in [6, 6.07) is 2.17. The van der Waals surface area contributed by atoms with E-state index in [9.17, 15) is 4.79 Å². The van der Waals surface area contributed by atoms with Crippen LogP contribution in [0.15, 0.2) is 12.3 Å². The van der Waals surface area contributed by atoms with Crippen LogP contribution in [0.2, 0.25) is 0 Å². The van der Waals surface area contributed by atoms with Gasteiger partial charge >= 0.3 is 0 Å². The number of carbonyl (C=O) groups excluding carboxylic acids is 1. The Balaban J connectivity index is 1.82. The molecule has 1 saturated heterocycles. The van der Waals surface area contributed by atoms with E-state index in [-0.39, 0.29) is 5.91 Å². The van der Waals surface area contributed by atoms with Crippen molar-refractivity contribution in [3.05, 3.63) is 18.0 Å². The molecule has 1 aromatic rings. The van der Waals surface area contributed by atoms with Crippen molar-refractivity contribution >= 4 is 5.91 Å².